The van der Waals surface area contributed by atoms with Gasteiger partial charge in [-0.05, 0) is 38.0 Å². The van der Waals surface area contributed by atoms with E-state index in [-0.39, 0.29) is 6.04 Å². The fourth-order valence-electron chi connectivity index (χ4n) is 2.33. The van der Waals surface area contributed by atoms with Crippen molar-refractivity contribution in [1.82, 2.24) is 0 Å². The van der Waals surface area contributed by atoms with Gasteiger partial charge in [-0.15, -0.1) is 0 Å². The summed E-state index contributed by atoms with van der Waals surface area (Å²) in [6.45, 7) is 5.55. The molecule has 17 heavy (non-hydrogen) atoms. The van der Waals surface area contributed by atoms with Gasteiger partial charge in [-0.2, -0.15) is 0 Å². The minimum atomic E-state index is 0.0654. The smallest absolute Gasteiger partial charge is 0.119 e. The zero-order valence-corrected chi connectivity index (χ0v) is 10.6. The molecule has 2 N–H and O–H groups in total. The molecular weight excluding hydrogens is 214 g/mol. The summed E-state index contributed by atoms with van der Waals surface area (Å²) in [6.07, 6.45) is 1.39. The van der Waals surface area contributed by atoms with Crippen LogP contribution in [-0.2, 0) is 4.74 Å². The van der Waals surface area contributed by atoms with Crippen LogP contribution >= 0.6 is 0 Å². The van der Waals surface area contributed by atoms with Crippen LogP contribution in [0.15, 0.2) is 24.3 Å². The Morgan fingerprint density at radius 1 is 1.41 bits per heavy atom. The highest BCUT2D eigenvalue weighted by Gasteiger charge is 2.28. The molecule has 94 valence electrons. The van der Waals surface area contributed by atoms with Gasteiger partial charge in [-0.1, -0.05) is 12.1 Å². The number of ether oxygens (including phenoxy) is 2. The van der Waals surface area contributed by atoms with Crippen molar-refractivity contribution in [3.05, 3.63) is 29.8 Å². The third-order valence-corrected chi connectivity index (χ3v) is 3.31. The van der Waals surface area contributed by atoms with Crippen LogP contribution in [0.5, 0.6) is 5.75 Å². The molecule has 2 rings (SSSR count). The van der Waals surface area contributed by atoms with Crippen molar-refractivity contribution in [3.63, 3.8) is 0 Å². The second kappa shape index (κ2) is 5.52. The maximum absolute atomic E-state index is 6.27. The van der Waals surface area contributed by atoms with E-state index in [1.165, 1.54) is 0 Å². The maximum Gasteiger partial charge on any atom is 0.119 e. The highest BCUT2D eigenvalue weighted by Crippen LogP contribution is 2.30. The van der Waals surface area contributed by atoms with E-state index in [1.54, 1.807) is 0 Å². The normalized spacial score (nSPS) is 25.8. The van der Waals surface area contributed by atoms with Gasteiger partial charge in [-0.25, -0.2) is 0 Å². The molecule has 0 amide bonds. The molecule has 1 aromatic carbocycles. The van der Waals surface area contributed by atoms with E-state index in [9.17, 15) is 0 Å². The molecule has 0 spiro atoms. The van der Waals surface area contributed by atoms with E-state index >= 15 is 0 Å². The van der Waals surface area contributed by atoms with E-state index < -0.39 is 0 Å². The van der Waals surface area contributed by atoms with Crippen molar-refractivity contribution in [3.8, 4) is 5.75 Å². The summed E-state index contributed by atoms with van der Waals surface area (Å²) in [6, 6.07) is 8.14. The zero-order valence-electron chi connectivity index (χ0n) is 10.6. The van der Waals surface area contributed by atoms with Crippen molar-refractivity contribution in [2.75, 3.05) is 13.2 Å². The molecule has 3 unspecified atom stereocenters. The van der Waals surface area contributed by atoms with E-state index in [0.717, 1.165) is 24.3 Å². The average Bonchev–Trinajstić information content (AvgIpc) is 2.76. The van der Waals surface area contributed by atoms with E-state index in [4.69, 9.17) is 15.2 Å². The predicted molar refractivity (Wildman–Crippen MR) is 68.1 cm³/mol. The first-order valence-electron chi connectivity index (χ1n) is 6.30. The Bertz CT molecular complexity index is 350. The topological polar surface area (TPSA) is 44.5 Å². The molecule has 1 aromatic rings. The van der Waals surface area contributed by atoms with Crippen LogP contribution in [0, 0.1) is 5.92 Å². The Morgan fingerprint density at radius 2 is 2.12 bits per heavy atom. The first kappa shape index (κ1) is 12.4. The van der Waals surface area contributed by atoms with Crippen molar-refractivity contribution in [2.24, 2.45) is 11.7 Å². The molecule has 0 bridgehead atoms. The predicted octanol–water partition coefficient (Wildman–Crippen LogP) is 2.51. The van der Waals surface area contributed by atoms with E-state index in [1.807, 2.05) is 19.1 Å². The third-order valence-electron chi connectivity index (χ3n) is 3.31. The van der Waals surface area contributed by atoms with Crippen LogP contribution in [0.1, 0.15) is 31.9 Å². The van der Waals surface area contributed by atoms with Gasteiger partial charge in [0.25, 0.3) is 0 Å². The zero-order chi connectivity index (χ0) is 12.3. The Morgan fingerprint density at radius 3 is 2.65 bits per heavy atom. The third kappa shape index (κ3) is 2.99. The monoisotopic (exact) mass is 235 g/mol. The number of hydrogen-bond acceptors (Lipinski definition) is 3. The number of benzene rings is 1. The van der Waals surface area contributed by atoms with Gasteiger partial charge < -0.3 is 15.2 Å². The lowest BCUT2D eigenvalue weighted by Gasteiger charge is -2.18. The summed E-state index contributed by atoms with van der Waals surface area (Å²) < 4.78 is 11.0. The molecule has 0 saturated carbocycles. The molecule has 0 radical (unpaired) electrons. The lowest BCUT2D eigenvalue weighted by Crippen LogP contribution is -2.21. The Labute approximate surface area is 103 Å². The minimum Gasteiger partial charge on any atom is -0.494 e. The van der Waals surface area contributed by atoms with Crippen molar-refractivity contribution in [2.45, 2.75) is 32.4 Å². The Kier molecular flexibility index (Phi) is 4.02. The quantitative estimate of drug-likeness (QED) is 0.872. The molecule has 3 heteroatoms. The average molecular weight is 235 g/mol. The van der Waals surface area contributed by atoms with Gasteiger partial charge >= 0.3 is 0 Å². The van der Waals surface area contributed by atoms with Crippen LogP contribution in [0.2, 0.25) is 0 Å². The number of hydrogen-bond donors (Lipinski definition) is 1. The van der Waals surface area contributed by atoms with Gasteiger partial charge in [0.05, 0.1) is 19.3 Å². The van der Waals surface area contributed by atoms with Crippen LogP contribution in [0.3, 0.4) is 0 Å². The summed E-state index contributed by atoms with van der Waals surface area (Å²) in [5, 5.41) is 0. The SMILES string of the molecule is CCOc1ccc(C(N)C2COC(C)C2)cc1. The first-order valence-corrected chi connectivity index (χ1v) is 6.30. The molecule has 1 heterocycles. The highest BCUT2D eigenvalue weighted by molar-refractivity contribution is 5.29. The summed E-state index contributed by atoms with van der Waals surface area (Å²) in [7, 11) is 0. The molecule has 0 aromatic heterocycles. The largest absolute Gasteiger partial charge is 0.494 e. The van der Waals surface area contributed by atoms with Crippen LogP contribution in [-0.4, -0.2) is 19.3 Å². The van der Waals surface area contributed by atoms with Crippen molar-refractivity contribution >= 4 is 0 Å². The second-order valence-corrected chi connectivity index (χ2v) is 4.67. The molecule has 1 saturated heterocycles. The van der Waals surface area contributed by atoms with Gasteiger partial charge in [0.15, 0.2) is 0 Å². The van der Waals surface area contributed by atoms with Crippen molar-refractivity contribution < 1.29 is 9.47 Å². The van der Waals surface area contributed by atoms with Gasteiger partial charge in [0.2, 0.25) is 0 Å². The van der Waals surface area contributed by atoms with Crippen LogP contribution in [0.4, 0.5) is 0 Å². The second-order valence-electron chi connectivity index (χ2n) is 4.67. The molecular formula is C14H21NO2. The van der Waals surface area contributed by atoms with Gasteiger partial charge in [-0.3, -0.25) is 0 Å². The Hall–Kier alpha value is -1.06. The van der Waals surface area contributed by atoms with E-state index in [0.29, 0.717) is 18.6 Å². The van der Waals surface area contributed by atoms with Crippen LogP contribution in [0.25, 0.3) is 0 Å². The summed E-state index contributed by atoms with van der Waals surface area (Å²) in [5.41, 5.74) is 7.43. The molecule has 0 aliphatic carbocycles. The maximum atomic E-state index is 6.27. The standard InChI is InChI=1S/C14H21NO2/c1-3-16-13-6-4-11(5-7-13)14(15)12-8-10(2)17-9-12/h4-7,10,12,14H,3,8-9,15H2,1-2H3. The fraction of sp³-hybridized carbons (Fsp3) is 0.571. The molecule has 1 aliphatic rings. The van der Waals surface area contributed by atoms with Crippen LogP contribution < -0.4 is 10.5 Å². The Balaban J connectivity index is 2.01. The summed E-state index contributed by atoms with van der Waals surface area (Å²) in [4.78, 5) is 0. The lowest BCUT2D eigenvalue weighted by molar-refractivity contribution is 0.118. The molecule has 3 nitrogen and oxygen atoms in total. The van der Waals surface area contributed by atoms with Gasteiger partial charge in [0.1, 0.15) is 5.75 Å². The number of rotatable bonds is 4. The van der Waals surface area contributed by atoms with Crippen molar-refractivity contribution in [1.29, 1.82) is 0 Å². The van der Waals surface area contributed by atoms with Gasteiger partial charge in [0, 0.05) is 12.0 Å². The highest BCUT2D eigenvalue weighted by atomic mass is 16.5. The lowest BCUT2D eigenvalue weighted by atomic mass is 9.92. The van der Waals surface area contributed by atoms with E-state index in [2.05, 4.69) is 19.1 Å². The minimum absolute atomic E-state index is 0.0654. The first-order chi connectivity index (χ1) is 8.20. The number of nitrogens with two attached hydrogens (primary N) is 1. The summed E-state index contributed by atoms with van der Waals surface area (Å²) >= 11 is 0. The fourth-order valence-corrected chi connectivity index (χ4v) is 2.33. The molecule has 1 fully saturated rings. The molecule has 3 atom stereocenters. The summed E-state index contributed by atoms with van der Waals surface area (Å²) in [5.74, 6) is 1.34. The molecule has 1 aliphatic heterocycles.